The number of amides is 1. The summed E-state index contributed by atoms with van der Waals surface area (Å²) in [6.45, 7) is -0.213. The molecule has 6 heteroatoms. The number of benzene rings is 1. The number of hydrogen-bond donors (Lipinski definition) is 2. The van der Waals surface area contributed by atoms with Crippen LogP contribution in [0.15, 0.2) is 18.2 Å². The summed E-state index contributed by atoms with van der Waals surface area (Å²) < 4.78 is 31.2. The third kappa shape index (κ3) is 2.43. The van der Waals surface area contributed by atoms with Crippen molar-refractivity contribution >= 4 is 5.91 Å². The molecule has 0 bridgehead atoms. The molecule has 4 nitrogen and oxygen atoms in total. The summed E-state index contributed by atoms with van der Waals surface area (Å²) in [6, 6.07) is 2.92. The van der Waals surface area contributed by atoms with Gasteiger partial charge in [0.05, 0.1) is 0 Å². The van der Waals surface area contributed by atoms with E-state index in [4.69, 9.17) is 16.2 Å². The van der Waals surface area contributed by atoms with Crippen molar-refractivity contribution in [1.29, 1.82) is 0 Å². The van der Waals surface area contributed by atoms with Gasteiger partial charge in [0.15, 0.2) is 11.6 Å². The van der Waals surface area contributed by atoms with Crippen LogP contribution in [0.5, 0.6) is 5.75 Å². The number of carbonyl (C=O) groups excluding carboxylic acids is 1. The van der Waals surface area contributed by atoms with Gasteiger partial charge in [-0.2, -0.15) is 0 Å². The lowest BCUT2D eigenvalue weighted by molar-refractivity contribution is -0.125. The van der Waals surface area contributed by atoms with E-state index in [0.717, 1.165) is 25.0 Å². The summed E-state index contributed by atoms with van der Waals surface area (Å²) in [4.78, 5) is 11.3. The SMILES string of the molecule is NC(=O)C(N)(COc1ccc(F)cc1F)C1CC1. The predicted octanol–water partition coefficient (Wildman–Crippen LogP) is 0.936. The maximum atomic E-state index is 13.3. The van der Waals surface area contributed by atoms with E-state index in [1.165, 1.54) is 0 Å². The second-order valence-electron chi connectivity index (χ2n) is 4.54. The fourth-order valence-electron chi connectivity index (χ4n) is 1.78. The number of hydrogen-bond acceptors (Lipinski definition) is 3. The van der Waals surface area contributed by atoms with Crippen LogP contribution in [-0.2, 0) is 4.79 Å². The zero-order chi connectivity index (χ0) is 13.3. The van der Waals surface area contributed by atoms with Gasteiger partial charge < -0.3 is 16.2 Å². The van der Waals surface area contributed by atoms with Crippen molar-refractivity contribution in [2.24, 2.45) is 17.4 Å². The molecule has 0 aliphatic heterocycles. The quantitative estimate of drug-likeness (QED) is 0.822. The average Bonchev–Trinajstić information content (AvgIpc) is 3.11. The maximum absolute atomic E-state index is 13.3. The van der Waals surface area contributed by atoms with Crippen LogP contribution < -0.4 is 16.2 Å². The first kappa shape index (κ1) is 12.8. The Bertz CT molecular complexity index is 477. The minimum absolute atomic E-state index is 0.0292. The lowest BCUT2D eigenvalue weighted by Gasteiger charge is -2.25. The molecular formula is C12H14F2N2O2. The highest BCUT2D eigenvalue weighted by molar-refractivity contribution is 5.85. The summed E-state index contributed by atoms with van der Waals surface area (Å²) in [6.07, 6.45) is 1.60. The standard InChI is InChI=1S/C12H14F2N2O2/c13-8-3-4-10(9(14)5-8)18-6-12(16,11(15)17)7-1-2-7/h3-5,7H,1-2,6,16H2,(H2,15,17). The number of carbonyl (C=O) groups is 1. The fourth-order valence-corrected chi connectivity index (χ4v) is 1.78. The number of nitrogens with two attached hydrogens (primary N) is 2. The number of ether oxygens (including phenoxy) is 1. The third-order valence-electron chi connectivity index (χ3n) is 3.13. The minimum atomic E-state index is -1.29. The van der Waals surface area contributed by atoms with Crippen LogP contribution in [0.1, 0.15) is 12.8 Å². The molecule has 0 aromatic heterocycles. The van der Waals surface area contributed by atoms with E-state index in [9.17, 15) is 13.6 Å². The first-order valence-corrected chi connectivity index (χ1v) is 5.60. The van der Waals surface area contributed by atoms with E-state index in [-0.39, 0.29) is 18.3 Å². The maximum Gasteiger partial charge on any atom is 0.241 e. The molecule has 1 aromatic carbocycles. The normalized spacial score (nSPS) is 18.2. The van der Waals surface area contributed by atoms with E-state index in [0.29, 0.717) is 6.07 Å². The van der Waals surface area contributed by atoms with Crippen molar-refractivity contribution in [3.05, 3.63) is 29.8 Å². The molecule has 2 rings (SSSR count). The van der Waals surface area contributed by atoms with E-state index in [1.54, 1.807) is 0 Å². The number of rotatable bonds is 5. The van der Waals surface area contributed by atoms with Gasteiger partial charge >= 0.3 is 0 Å². The van der Waals surface area contributed by atoms with Crippen LogP contribution in [0, 0.1) is 17.6 Å². The largest absolute Gasteiger partial charge is 0.488 e. The lowest BCUT2D eigenvalue weighted by atomic mass is 9.95. The summed E-state index contributed by atoms with van der Waals surface area (Å²) >= 11 is 0. The van der Waals surface area contributed by atoms with Gasteiger partial charge in [0.1, 0.15) is 18.0 Å². The Hall–Kier alpha value is -1.69. The van der Waals surface area contributed by atoms with Gasteiger partial charge in [-0.25, -0.2) is 8.78 Å². The molecule has 1 fully saturated rings. The smallest absolute Gasteiger partial charge is 0.241 e. The van der Waals surface area contributed by atoms with Crippen LogP contribution in [-0.4, -0.2) is 18.1 Å². The molecular weight excluding hydrogens is 242 g/mol. The topological polar surface area (TPSA) is 78.3 Å². The van der Waals surface area contributed by atoms with Crippen LogP contribution in [0.2, 0.25) is 0 Å². The van der Waals surface area contributed by atoms with Gasteiger partial charge in [0.2, 0.25) is 5.91 Å². The molecule has 18 heavy (non-hydrogen) atoms. The molecule has 0 heterocycles. The highest BCUT2D eigenvalue weighted by Crippen LogP contribution is 2.38. The minimum Gasteiger partial charge on any atom is -0.488 e. The molecule has 1 aliphatic rings. The highest BCUT2D eigenvalue weighted by Gasteiger charge is 2.47. The zero-order valence-electron chi connectivity index (χ0n) is 9.66. The Morgan fingerprint density at radius 2 is 2.11 bits per heavy atom. The Morgan fingerprint density at radius 3 is 2.61 bits per heavy atom. The first-order chi connectivity index (χ1) is 8.43. The van der Waals surface area contributed by atoms with Gasteiger partial charge in [-0.15, -0.1) is 0 Å². The van der Waals surface area contributed by atoms with E-state index in [2.05, 4.69) is 0 Å². The molecule has 1 aromatic rings. The van der Waals surface area contributed by atoms with E-state index < -0.39 is 23.1 Å². The van der Waals surface area contributed by atoms with Crippen LogP contribution in [0.3, 0.4) is 0 Å². The van der Waals surface area contributed by atoms with Crippen molar-refractivity contribution < 1.29 is 18.3 Å². The molecule has 1 saturated carbocycles. The first-order valence-electron chi connectivity index (χ1n) is 5.60. The van der Waals surface area contributed by atoms with Crippen molar-refractivity contribution in [2.75, 3.05) is 6.61 Å². The van der Waals surface area contributed by atoms with E-state index in [1.807, 2.05) is 0 Å². The van der Waals surface area contributed by atoms with E-state index >= 15 is 0 Å². The molecule has 0 saturated heterocycles. The second kappa shape index (κ2) is 4.53. The van der Waals surface area contributed by atoms with Crippen molar-refractivity contribution in [1.82, 2.24) is 0 Å². The van der Waals surface area contributed by atoms with Crippen molar-refractivity contribution in [2.45, 2.75) is 18.4 Å². The van der Waals surface area contributed by atoms with Crippen LogP contribution in [0.4, 0.5) is 8.78 Å². The van der Waals surface area contributed by atoms with Gasteiger partial charge in [-0.05, 0) is 30.9 Å². The number of halogens is 2. The highest BCUT2D eigenvalue weighted by atomic mass is 19.1. The van der Waals surface area contributed by atoms with Gasteiger partial charge in [0, 0.05) is 6.07 Å². The zero-order valence-corrected chi connectivity index (χ0v) is 9.66. The fraction of sp³-hybridized carbons (Fsp3) is 0.417. The summed E-state index contributed by atoms with van der Waals surface area (Å²) in [5, 5.41) is 0. The predicted molar refractivity (Wildman–Crippen MR) is 60.7 cm³/mol. The van der Waals surface area contributed by atoms with Crippen molar-refractivity contribution in [3.8, 4) is 5.75 Å². The molecule has 1 aliphatic carbocycles. The molecule has 0 spiro atoms. The molecule has 1 amide bonds. The summed E-state index contributed by atoms with van der Waals surface area (Å²) in [5.74, 6) is -2.38. The Labute approximate surface area is 103 Å². The summed E-state index contributed by atoms with van der Waals surface area (Å²) in [5.41, 5.74) is 9.83. The second-order valence-corrected chi connectivity index (χ2v) is 4.54. The molecule has 98 valence electrons. The number of primary amides is 1. The third-order valence-corrected chi connectivity index (χ3v) is 3.13. The molecule has 4 N–H and O–H groups in total. The van der Waals surface area contributed by atoms with Gasteiger partial charge in [-0.3, -0.25) is 4.79 Å². The average molecular weight is 256 g/mol. The Morgan fingerprint density at radius 1 is 1.44 bits per heavy atom. The molecule has 1 unspecified atom stereocenters. The lowest BCUT2D eigenvalue weighted by Crippen LogP contribution is -2.58. The molecule has 0 radical (unpaired) electrons. The van der Waals surface area contributed by atoms with Gasteiger partial charge in [0.25, 0.3) is 0 Å². The molecule has 1 atom stereocenters. The van der Waals surface area contributed by atoms with Crippen molar-refractivity contribution in [3.63, 3.8) is 0 Å². The Balaban J connectivity index is 2.08. The van der Waals surface area contributed by atoms with Crippen LogP contribution in [0.25, 0.3) is 0 Å². The van der Waals surface area contributed by atoms with Crippen LogP contribution >= 0.6 is 0 Å². The monoisotopic (exact) mass is 256 g/mol. The van der Waals surface area contributed by atoms with Gasteiger partial charge in [-0.1, -0.05) is 0 Å². The summed E-state index contributed by atoms with van der Waals surface area (Å²) in [7, 11) is 0. The Kier molecular flexibility index (Phi) is 3.21.